The second-order valence-corrected chi connectivity index (χ2v) is 11.3. The maximum absolute atomic E-state index is 14.6. The molecule has 11 heteroatoms. The van der Waals surface area contributed by atoms with E-state index in [1.807, 2.05) is 0 Å². The lowest BCUT2D eigenvalue weighted by molar-refractivity contribution is -0.156. The number of rotatable bonds is 5. The largest absolute Gasteiger partial charge is 0.466 e. The lowest BCUT2D eigenvalue weighted by atomic mass is 9.59. The predicted molar refractivity (Wildman–Crippen MR) is 147 cm³/mol. The van der Waals surface area contributed by atoms with Gasteiger partial charge in [0.25, 0.3) is 0 Å². The van der Waals surface area contributed by atoms with Crippen LogP contribution in [0.25, 0.3) is 0 Å². The average Bonchev–Trinajstić information content (AvgIpc) is 3.18. The minimum Gasteiger partial charge on any atom is -0.466 e. The number of piperidine rings is 1. The molecule has 0 saturated carbocycles. The molecular weight excluding hydrogens is 560 g/mol. The van der Waals surface area contributed by atoms with E-state index in [0.717, 1.165) is 0 Å². The van der Waals surface area contributed by atoms with Crippen molar-refractivity contribution in [2.75, 3.05) is 12.4 Å². The molecule has 2 aliphatic heterocycles. The highest BCUT2D eigenvalue weighted by atomic mass is 35.5. The third kappa shape index (κ3) is 4.47. The quantitative estimate of drug-likeness (QED) is 0.388. The zero-order valence-corrected chi connectivity index (χ0v) is 23.6. The van der Waals surface area contributed by atoms with Gasteiger partial charge in [-0.05, 0) is 67.8 Å². The summed E-state index contributed by atoms with van der Waals surface area (Å²) in [5, 5.41) is 6.51. The zero-order chi connectivity index (χ0) is 29.0. The fourth-order valence-electron chi connectivity index (χ4n) is 5.75. The number of halogens is 3. The summed E-state index contributed by atoms with van der Waals surface area (Å²) in [6.07, 6.45) is 1.19. The SMILES string of the molecule is COC(=O)C(C)(C)Oc1ncc(Cl)cc1C1CC(=O)NC(c2cc(F)ccc2C)C12C(=O)Nc1cc(Cl)ccc12. The number of ether oxygens (including phenoxy) is 2. The first-order valence-electron chi connectivity index (χ1n) is 12.5. The van der Waals surface area contributed by atoms with Crippen LogP contribution in [0.3, 0.4) is 0 Å². The lowest BCUT2D eigenvalue weighted by Gasteiger charge is -2.47. The molecule has 2 aromatic carbocycles. The molecule has 1 saturated heterocycles. The van der Waals surface area contributed by atoms with Gasteiger partial charge in [0.05, 0.1) is 18.2 Å². The number of carbonyl (C=O) groups excluding carboxylic acids is 3. The van der Waals surface area contributed by atoms with Crippen molar-refractivity contribution in [2.45, 2.75) is 50.2 Å². The van der Waals surface area contributed by atoms with Gasteiger partial charge in [-0.2, -0.15) is 0 Å². The van der Waals surface area contributed by atoms with E-state index in [-0.39, 0.29) is 23.2 Å². The first kappa shape index (κ1) is 27.9. The number of anilines is 1. The number of hydrogen-bond donors (Lipinski definition) is 2. The molecule has 3 heterocycles. The van der Waals surface area contributed by atoms with E-state index in [0.29, 0.717) is 33.0 Å². The first-order chi connectivity index (χ1) is 18.9. The van der Waals surface area contributed by atoms with Crippen LogP contribution in [0.5, 0.6) is 5.88 Å². The number of methoxy groups -OCH3 is 1. The smallest absolute Gasteiger partial charge is 0.349 e. The summed E-state index contributed by atoms with van der Waals surface area (Å²) in [7, 11) is 1.24. The van der Waals surface area contributed by atoms with E-state index in [9.17, 15) is 18.8 Å². The molecule has 3 unspecified atom stereocenters. The molecule has 0 aliphatic carbocycles. The topological polar surface area (TPSA) is 107 Å². The van der Waals surface area contributed by atoms with Crippen LogP contribution in [0.2, 0.25) is 10.0 Å². The molecule has 3 aromatic rings. The molecule has 3 atom stereocenters. The van der Waals surface area contributed by atoms with E-state index in [2.05, 4.69) is 15.6 Å². The number of esters is 1. The number of benzene rings is 2. The molecule has 208 valence electrons. The minimum atomic E-state index is -1.49. The van der Waals surface area contributed by atoms with Gasteiger partial charge in [0, 0.05) is 34.8 Å². The number of nitrogens with zero attached hydrogens (tertiary/aromatic N) is 1. The molecule has 2 aliphatic rings. The molecule has 2 N–H and O–H groups in total. The van der Waals surface area contributed by atoms with Gasteiger partial charge >= 0.3 is 5.97 Å². The van der Waals surface area contributed by atoms with Crippen LogP contribution in [0, 0.1) is 12.7 Å². The number of pyridine rings is 1. The molecule has 40 heavy (non-hydrogen) atoms. The van der Waals surface area contributed by atoms with Gasteiger partial charge in [0.2, 0.25) is 23.3 Å². The molecule has 2 amide bonds. The molecule has 5 rings (SSSR count). The van der Waals surface area contributed by atoms with Gasteiger partial charge in [-0.3, -0.25) is 9.59 Å². The number of amides is 2. The second-order valence-electron chi connectivity index (χ2n) is 10.4. The van der Waals surface area contributed by atoms with E-state index in [4.69, 9.17) is 32.7 Å². The number of aryl methyl sites for hydroxylation is 1. The van der Waals surface area contributed by atoms with Gasteiger partial charge in [0.1, 0.15) is 11.2 Å². The minimum absolute atomic E-state index is 0.00352. The average molecular weight is 586 g/mol. The molecule has 1 aromatic heterocycles. The maximum atomic E-state index is 14.6. The Labute approximate surface area is 240 Å². The normalized spacial score (nSPS) is 22.0. The summed E-state index contributed by atoms with van der Waals surface area (Å²) in [5.74, 6) is -2.87. The van der Waals surface area contributed by atoms with E-state index in [1.54, 1.807) is 37.3 Å². The van der Waals surface area contributed by atoms with Crippen LogP contribution in [-0.4, -0.2) is 35.5 Å². The van der Waals surface area contributed by atoms with Crippen molar-refractivity contribution >= 4 is 46.7 Å². The van der Waals surface area contributed by atoms with Crippen LogP contribution in [0.15, 0.2) is 48.7 Å². The number of carbonyl (C=O) groups is 3. The number of hydrogen-bond acceptors (Lipinski definition) is 6. The molecule has 1 fully saturated rings. The number of aromatic nitrogens is 1. The standard InChI is InChI=1S/C29H26Cl2FN3O5/c1-14-5-7-17(32)11-18(14)24-29(20-8-6-15(30)10-22(20)34-26(29)37)21(12-23(36)35-24)19-9-16(31)13-33-25(19)40-28(2,3)27(38)39-4/h5-11,13,21,24H,12H2,1-4H3,(H,34,37)(H,35,36). The summed E-state index contributed by atoms with van der Waals surface area (Å²) in [6, 6.07) is 9.81. The summed E-state index contributed by atoms with van der Waals surface area (Å²) >= 11 is 12.7. The Morgan fingerprint density at radius 1 is 1.10 bits per heavy atom. The Hall–Kier alpha value is -3.69. The lowest BCUT2D eigenvalue weighted by Crippen LogP contribution is -2.57. The Morgan fingerprint density at radius 3 is 2.58 bits per heavy atom. The molecule has 0 bridgehead atoms. The van der Waals surface area contributed by atoms with Crippen LogP contribution in [-0.2, 0) is 24.5 Å². The highest BCUT2D eigenvalue weighted by molar-refractivity contribution is 6.31. The summed E-state index contributed by atoms with van der Waals surface area (Å²) in [5.41, 5.74) is -0.499. The predicted octanol–water partition coefficient (Wildman–Crippen LogP) is 5.40. The van der Waals surface area contributed by atoms with Crippen LogP contribution < -0.4 is 15.4 Å². The van der Waals surface area contributed by atoms with Crippen molar-refractivity contribution in [1.82, 2.24) is 10.3 Å². The molecular formula is C29H26Cl2FN3O5. The Balaban J connectivity index is 1.81. The maximum Gasteiger partial charge on any atom is 0.349 e. The van der Waals surface area contributed by atoms with Crippen molar-refractivity contribution in [3.05, 3.63) is 86.8 Å². The Bertz CT molecular complexity index is 1560. The van der Waals surface area contributed by atoms with Crippen molar-refractivity contribution < 1.29 is 28.2 Å². The highest BCUT2D eigenvalue weighted by Gasteiger charge is 2.62. The Kier molecular flexibility index (Phi) is 7.00. The van der Waals surface area contributed by atoms with Gasteiger partial charge in [-0.1, -0.05) is 35.3 Å². The summed E-state index contributed by atoms with van der Waals surface area (Å²) < 4.78 is 25.6. The van der Waals surface area contributed by atoms with Crippen LogP contribution in [0.1, 0.15) is 54.5 Å². The van der Waals surface area contributed by atoms with Crippen LogP contribution in [0.4, 0.5) is 10.1 Å². The third-order valence-electron chi connectivity index (χ3n) is 7.55. The summed E-state index contributed by atoms with van der Waals surface area (Å²) in [4.78, 5) is 44.4. The molecule has 1 spiro atoms. The molecule has 0 radical (unpaired) electrons. The third-order valence-corrected chi connectivity index (χ3v) is 7.99. The van der Waals surface area contributed by atoms with Crippen molar-refractivity contribution in [3.8, 4) is 5.88 Å². The zero-order valence-electron chi connectivity index (χ0n) is 22.1. The van der Waals surface area contributed by atoms with Gasteiger partial charge in [-0.15, -0.1) is 0 Å². The number of fused-ring (bicyclic) bond motifs is 2. The van der Waals surface area contributed by atoms with Crippen molar-refractivity contribution in [3.63, 3.8) is 0 Å². The van der Waals surface area contributed by atoms with E-state index < -0.39 is 40.7 Å². The highest BCUT2D eigenvalue weighted by Crippen LogP contribution is 2.59. The number of nitrogens with one attached hydrogen (secondary N) is 2. The molecule has 8 nitrogen and oxygen atoms in total. The fraction of sp³-hybridized carbons (Fsp3) is 0.310. The van der Waals surface area contributed by atoms with E-state index in [1.165, 1.54) is 39.3 Å². The van der Waals surface area contributed by atoms with Crippen molar-refractivity contribution in [2.24, 2.45) is 0 Å². The van der Waals surface area contributed by atoms with E-state index >= 15 is 0 Å². The second kappa shape index (κ2) is 10.1. The summed E-state index contributed by atoms with van der Waals surface area (Å²) in [6.45, 7) is 4.81. The Morgan fingerprint density at radius 2 is 1.85 bits per heavy atom. The first-order valence-corrected chi connectivity index (χ1v) is 13.2. The monoisotopic (exact) mass is 585 g/mol. The van der Waals surface area contributed by atoms with Gasteiger partial charge in [0.15, 0.2) is 0 Å². The van der Waals surface area contributed by atoms with Gasteiger partial charge < -0.3 is 20.1 Å². The fourth-order valence-corrected chi connectivity index (χ4v) is 6.09. The van der Waals surface area contributed by atoms with Gasteiger partial charge in [-0.25, -0.2) is 14.2 Å². The van der Waals surface area contributed by atoms with Crippen molar-refractivity contribution in [1.29, 1.82) is 0 Å². The van der Waals surface area contributed by atoms with Crippen LogP contribution >= 0.6 is 23.2 Å².